The molecule has 0 amide bonds. The van der Waals surface area contributed by atoms with Crippen LogP contribution in [0.1, 0.15) is 0 Å². The summed E-state index contributed by atoms with van der Waals surface area (Å²) in [7, 11) is 0. The molecule has 1 aliphatic rings. The minimum absolute atomic E-state index is 0.0568. The van der Waals surface area contributed by atoms with Gasteiger partial charge in [0.15, 0.2) is 11.2 Å². The maximum atomic E-state index is 12.6. The monoisotopic (exact) mass is 390 g/mol. The Morgan fingerprint density at radius 1 is 1.19 bits per heavy atom. The van der Waals surface area contributed by atoms with E-state index >= 15 is 0 Å². The molecule has 0 spiro atoms. The zero-order chi connectivity index (χ0) is 19.1. The van der Waals surface area contributed by atoms with Crippen molar-refractivity contribution >= 4 is 34.8 Å². The van der Waals surface area contributed by atoms with Crippen molar-refractivity contribution < 1.29 is 9.90 Å². The van der Waals surface area contributed by atoms with Crippen molar-refractivity contribution in [2.24, 2.45) is 0 Å². The number of carboxylic acid groups (broad SMARTS) is 1. The first-order chi connectivity index (χ1) is 13.0. The van der Waals surface area contributed by atoms with Crippen molar-refractivity contribution in [3.05, 3.63) is 50.1 Å². The number of para-hydroxylation sites is 1. The van der Waals surface area contributed by atoms with Crippen LogP contribution in [0.3, 0.4) is 0 Å². The molecule has 0 radical (unpaired) electrons. The third kappa shape index (κ3) is 2.78. The van der Waals surface area contributed by atoms with E-state index in [1.165, 1.54) is 4.57 Å². The van der Waals surface area contributed by atoms with Crippen LogP contribution in [0.5, 0.6) is 0 Å². The molecule has 0 atom stereocenters. The van der Waals surface area contributed by atoms with Crippen LogP contribution in [0.15, 0.2) is 33.9 Å². The van der Waals surface area contributed by atoms with E-state index < -0.39 is 17.3 Å². The molecule has 0 bridgehead atoms. The first kappa shape index (κ1) is 17.3. The number of piperazine rings is 1. The van der Waals surface area contributed by atoms with Gasteiger partial charge in [-0.15, -0.1) is 0 Å². The summed E-state index contributed by atoms with van der Waals surface area (Å²) in [5.41, 5.74) is -1.61. The Hall–Kier alpha value is -3.11. The summed E-state index contributed by atoms with van der Waals surface area (Å²) < 4.78 is 1.93. The number of H-pyrrole nitrogens is 1. The van der Waals surface area contributed by atoms with Crippen molar-refractivity contribution in [3.8, 4) is 5.69 Å². The minimum atomic E-state index is -1.53. The fourth-order valence-electron chi connectivity index (χ4n) is 3.18. The number of anilines is 1. The second-order valence-electron chi connectivity index (χ2n) is 5.99. The lowest BCUT2D eigenvalue weighted by Gasteiger charge is -2.28. The van der Waals surface area contributed by atoms with Crippen LogP contribution in [0, 0.1) is 0 Å². The van der Waals surface area contributed by atoms with Gasteiger partial charge in [0.1, 0.15) is 0 Å². The highest BCUT2D eigenvalue weighted by atomic mass is 35.5. The summed E-state index contributed by atoms with van der Waals surface area (Å²) in [5.74, 6) is 0.353. The molecular formula is C16H15ClN6O4. The van der Waals surface area contributed by atoms with Crippen molar-refractivity contribution in [2.75, 3.05) is 31.1 Å². The predicted octanol–water partition coefficient (Wildman–Crippen LogP) is 0.465. The fourth-order valence-corrected chi connectivity index (χ4v) is 3.40. The molecule has 2 aromatic heterocycles. The predicted molar refractivity (Wildman–Crippen MR) is 99.5 cm³/mol. The second-order valence-corrected chi connectivity index (χ2v) is 6.39. The highest BCUT2D eigenvalue weighted by Gasteiger charge is 2.26. The van der Waals surface area contributed by atoms with E-state index in [0.717, 1.165) is 0 Å². The zero-order valence-corrected chi connectivity index (χ0v) is 14.7. The van der Waals surface area contributed by atoms with Crippen LogP contribution in [0.4, 0.5) is 10.7 Å². The average molecular weight is 391 g/mol. The molecule has 3 N–H and O–H groups in total. The van der Waals surface area contributed by atoms with E-state index in [9.17, 15) is 19.5 Å². The number of carbonyl (C=O) groups is 1. The number of halogens is 1. The van der Waals surface area contributed by atoms with Crippen LogP contribution >= 0.6 is 11.6 Å². The molecule has 3 aromatic rings. The molecule has 3 heterocycles. The molecule has 4 rings (SSSR count). The number of imidazole rings is 1. The van der Waals surface area contributed by atoms with Crippen LogP contribution in [0.2, 0.25) is 5.02 Å². The number of benzene rings is 1. The summed E-state index contributed by atoms with van der Waals surface area (Å²) in [4.78, 5) is 44.5. The Kier molecular flexibility index (Phi) is 4.21. The number of hydrogen-bond donors (Lipinski definition) is 3. The van der Waals surface area contributed by atoms with Gasteiger partial charge in [-0.25, -0.2) is 9.59 Å². The molecule has 1 aliphatic heterocycles. The van der Waals surface area contributed by atoms with Gasteiger partial charge in [-0.1, -0.05) is 23.7 Å². The van der Waals surface area contributed by atoms with Crippen molar-refractivity contribution in [2.45, 2.75) is 0 Å². The fraction of sp³-hybridized carbons (Fsp3) is 0.250. The van der Waals surface area contributed by atoms with Gasteiger partial charge in [-0.05, 0) is 12.1 Å². The van der Waals surface area contributed by atoms with Gasteiger partial charge in [0.25, 0.3) is 5.56 Å². The van der Waals surface area contributed by atoms with Crippen LogP contribution in [0.25, 0.3) is 16.9 Å². The molecule has 1 fully saturated rings. The maximum absolute atomic E-state index is 12.6. The Morgan fingerprint density at radius 2 is 1.89 bits per heavy atom. The van der Waals surface area contributed by atoms with Crippen molar-refractivity contribution in [3.63, 3.8) is 0 Å². The van der Waals surface area contributed by atoms with Gasteiger partial charge < -0.3 is 15.3 Å². The highest BCUT2D eigenvalue weighted by Crippen LogP contribution is 2.29. The van der Waals surface area contributed by atoms with Crippen molar-refractivity contribution in [1.29, 1.82) is 0 Å². The lowest BCUT2D eigenvalue weighted by Crippen LogP contribution is -2.44. The van der Waals surface area contributed by atoms with Gasteiger partial charge in [0.05, 0.1) is 10.7 Å². The number of aromatic nitrogens is 4. The molecule has 0 unspecified atom stereocenters. The van der Waals surface area contributed by atoms with E-state index in [0.29, 0.717) is 47.4 Å². The normalized spacial score (nSPS) is 14.6. The van der Waals surface area contributed by atoms with Crippen LogP contribution in [-0.4, -0.2) is 56.5 Å². The molecule has 0 aliphatic carbocycles. The number of nitrogens with zero attached hydrogens (tertiary/aromatic N) is 4. The summed E-state index contributed by atoms with van der Waals surface area (Å²) in [6.45, 7) is 2.60. The first-order valence-electron chi connectivity index (χ1n) is 8.20. The standard InChI is InChI=1S/C16H15ClN6O4/c17-9-3-1-2-4-10(9)22-11-12(19-14(22)21-7-5-18-6-8-21)23(16(26)27)15(25)20-13(11)24/h1-4,18H,5-8H2,(H,26,27)(H,20,24,25). The summed E-state index contributed by atoms with van der Waals surface area (Å²) >= 11 is 6.34. The van der Waals surface area contributed by atoms with Gasteiger partial charge in [-0.2, -0.15) is 9.55 Å². The largest absolute Gasteiger partial charge is 0.464 e. The smallest absolute Gasteiger partial charge is 0.421 e. The SMILES string of the molecule is O=C(O)n1c(=O)[nH]c(=O)c2c1nc(N1CCNCC1)n2-c1ccccc1Cl. The van der Waals surface area contributed by atoms with Crippen LogP contribution < -0.4 is 21.5 Å². The minimum Gasteiger partial charge on any atom is -0.464 e. The molecule has 1 aromatic carbocycles. The first-order valence-corrected chi connectivity index (χ1v) is 8.58. The van der Waals surface area contributed by atoms with E-state index in [4.69, 9.17) is 11.6 Å². The maximum Gasteiger partial charge on any atom is 0.421 e. The molecule has 27 heavy (non-hydrogen) atoms. The number of hydrogen-bond acceptors (Lipinski definition) is 6. The Labute approximate surface area is 156 Å². The lowest BCUT2D eigenvalue weighted by molar-refractivity contribution is 0.196. The molecule has 0 saturated carbocycles. The molecular weight excluding hydrogens is 376 g/mol. The number of rotatable bonds is 2. The number of nitrogens with one attached hydrogen (secondary N) is 2. The van der Waals surface area contributed by atoms with E-state index in [-0.39, 0.29) is 11.2 Å². The van der Waals surface area contributed by atoms with Crippen LogP contribution in [-0.2, 0) is 0 Å². The Bertz CT molecular complexity index is 1160. The van der Waals surface area contributed by atoms with Gasteiger partial charge in [0, 0.05) is 26.2 Å². The molecule has 11 heteroatoms. The number of aromatic amines is 1. The van der Waals surface area contributed by atoms with E-state index in [1.807, 2.05) is 9.88 Å². The molecule has 140 valence electrons. The Balaban J connectivity index is 2.14. The lowest BCUT2D eigenvalue weighted by atomic mass is 10.3. The second kappa shape index (κ2) is 6.56. The van der Waals surface area contributed by atoms with Crippen molar-refractivity contribution in [1.82, 2.24) is 24.4 Å². The van der Waals surface area contributed by atoms with Gasteiger partial charge in [0.2, 0.25) is 5.95 Å². The quantitative estimate of drug-likeness (QED) is 0.580. The topological polar surface area (TPSA) is 125 Å². The third-order valence-electron chi connectivity index (χ3n) is 4.38. The molecule has 10 nitrogen and oxygen atoms in total. The summed E-state index contributed by atoms with van der Waals surface area (Å²) in [6, 6.07) is 6.85. The van der Waals surface area contributed by atoms with Gasteiger partial charge >= 0.3 is 11.8 Å². The van der Waals surface area contributed by atoms with E-state index in [1.54, 1.807) is 24.3 Å². The Morgan fingerprint density at radius 3 is 2.56 bits per heavy atom. The average Bonchev–Trinajstić information content (AvgIpc) is 3.03. The molecule has 1 saturated heterocycles. The summed E-state index contributed by atoms with van der Waals surface area (Å²) in [6.07, 6.45) is -1.53. The van der Waals surface area contributed by atoms with Gasteiger partial charge in [-0.3, -0.25) is 14.3 Å². The summed E-state index contributed by atoms with van der Waals surface area (Å²) in [5, 5.41) is 13.0. The number of fused-ring (bicyclic) bond motifs is 1. The highest BCUT2D eigenvalue weighted by molar-refractivity contribution is 6.32. The third-order valence-corrected chi connectivity index (χ3v) is 4.70. The zero-order valence-electron chi connectivity index (χ0n) is 14.0. The van der Waals surface area contributed by atoms with E-state index in [2.05, 4.69) is 10.3 Å².